The molecule has 0 aromatic heterocycles. The molecule has 0 unspecified atom stereocenters. The predicted octanol–water partition coefficient (Wildman–Crippen LogP) is 1.10. The lowest BCUT2D eigenvalue weighted by Gasteiger charge is -2.04. The van der Waals surface area contributed by atoms with Gasteiger partial charge in [-0.2, -0.15) is 10.4 Å². The molecule has 0 aliphatic heterocycles. The maximum Gasteiger partial charge on any atom is 0.300 e. The molecule has 0 spiro atoms. The highest BCUT2D eigenvalue weighted by atomic mass is 19.1. The fraction of sp³-hybridized carbons (Fsp3) is 0. The number of halogens is 2. The summed E-state index contributed by atoms with van der Waals surface area (Å²) in [5, 5.41) is 29.3. The minimum absolute atomic E-state index is 0.407. The van der Waals surface area contributed by atoms with Crippen molar-refractivity contribution >= 4 is 22.9 Å². The lowest BCUT2D eigenvalue weighted by atomic mass is 10.2. The smallest absolute Gasteiger partial charge is 0.300 e. The fourth-order valence-corrected chi connectivity index (χ4v) is 1.07. The van der Waals surface area contributed by atoms with Crippen molar-refractivity contribution in [2.24, 2.45) is 10.8 Å². The Hall–Kier alpha value is -3.09. The molecule has 0 radical (unpaired) electrons. The van der Waals surface area contributed by atoms with Gasteiger partial charge in [0, 0.05) is 6.07 Å². The monoisotopic (exact) mass is 268 g/mol. The van der Waals surface area contributed by atoms with Crippen molar-refractivity contribution in [3.63, 3.8) is 0 Å². The molecule has 0 saturated heterocycles. The van der Waals surface area contributed by atoms with Crippen LogP contribution in [0.1, 0.15) is 0 Å². The molecule has 0 fully saturated rings. The van der Waals surface area contributed by atoms with Crippen LogP contribution in [-0.2, 0) is 0 Å². The number of nitriles is 1. The first-order valence-electron chi connectivity index (χ1n) is 4.58. The van der Waals surface area contributed by atoms with E-state index in [4.69, 9.17) is 16.4 Å². The highest BCUT2D eigenvalue weighted by Gasteiger charge is 2.20. The van der Waals surface area contributed by atoms with Crippen molar-refractivity contribution < 1.29 is 13.7 Å². The first-order valence-corrected chi connectivity index (χ1v) is 4.58. The van der Waals surface area contributed by atoms with Crippen LogP contribution in [0, 0.1) is 38.5 Å². The number of nitrogens with zero attached hydrogens (tertiary/aromatic N) is 3. The van der Waals surface area contributed by atoms with E-state index in [0.717, 1.165) is 0 Å². The highest BCUT2D eigenvalue weighted by molar-refractivity contribution is 6.45. The van der Waals surface area contributed by atoms with Gasteiger partial charge < -0.3 is 5.73 Å². The number of rotatable bonds is 4. The number of amidine groups is 1. The van der Waals surface area contributed by atoms with Crippen LogP contribution < -0.4 is 11.2 Å². The van der Waals surface area contributed by atoms with Gasteiger partial charge in [0.05, 0.1) is 11.0 Å². The average Bonchev–Trinajstić information content (AvgIpc) is 2.30. The van der Waals surface area contributed by atoms with Gasteiger partial charge in [-0.05, 0) is 0 Å². The molecule has 0 heterocycles. The van der Waals surface area contributed by atoms with Crippen molar-refractivity contribution in [2.45, 2.75) is 0 Å². The lowest BCUT2D eigenvalue weighted by Crippen LogP contribution is -2.22. The number of nitrogens with two attached hydrogens (primary N) is 1. The summed E-state index contributed by atoms with van der Waals surface area (Å²) in [4.78, 5) is 9.60. The molecule has 4 N–H and O–H groups in total. The summed E-state index contributed by atoms with van der Waals surface area (Å²) in [6, 6.07) is 2.32. The molecular weight excluding hydrogens is 262 g/mol. The Morgan fingerprint density at radius 1 is 1.58 bits per heavy atom. The van der Waals surface area contributed by atoms with Crippen LogP contribution in [-0.4, -0.2) is 16.5 Å². The molecule has 1 aromatic carbocycles. The van der Waals surface area contributed by atoms with E-state index in [9.17, 15) is 18.9 Å². The Bertz CT molecular complexity index is 622. The molecule has 0 amide bonds. The standard InChI is InChI=1S/C9H6F2N6O2/c10-4-1-5(11)8(7(2-4)17(18)19)16-15-6(3-12)9(13)14/h1-2,16H,(H3,13,14)/b15-6+. The van der Waals surface area contributed by atoms with E-state index in [1.807, 2.05) is 5.43 Å². The van der Waals surface area contributed by atoms with Crippen molar-refractivity contribution in [2.75, 3.05) is 5.43 Å². The van der Waals surface area contributed by atoms with Crippen LogP contribution in [0.3, 0.4) is 0 Å². The minimum Gasteiger partial charge on any atom is -0.382 e. The summed E-state index contributed by atoms with van der Waals surface area (Å²) in [5.41, 5.74) is 4.62. The molecule has 0 bridgehead atoms. The van der Waals surface area contributed by atoms with Crippen LogP contribution >= 0.6 is 0 Å². The van der Waals surface area contributed by atoms with E-state index in [1.165, 1.54) is 6.07 Å². The van der Waals surface area contributed by atoms with Crippen molar-refractivity contribution in [1.82, 2.24) is 0 Å². The van der Waals surface area contributed by atoms with Gasteiger partial charge in [-0.1, -0.05) is 0 Å². The van der Waals surface area contributed by atoms with E-state index < -0.39 is 39.5 Å². The zero-order valence-corrected chi connectivity index (χ0v) is 9.15. The van der Waals surface area contributed by atoms with Gasteiger partial charge in [0.1, 0.15) is 11.9 Å². The Morgan fingerprint density at radius 3 is 2.68 bits per heavy atom. The van der Waals surface area contributed by atoms with Gasteiger partial charge in [0.2, 0.25) is 5.71 Å². The molecule has 1 rings (SSSR count). The number of hydrogen-bond donors (Lipinski definition) is 3. The molecule has 0 aliphatic rings. The van der Waals surface area contributed by atoms with Gasteiger partial charge in [0.15, 0.2) is 17.3 Å². The van der Waals surface area contributed by atoms with E-state index >= 15 is 0 Å². The van der Waals surface area contributed by atoms with E-state index in [-0.39, 0.29) is 0 Å². The van der Waals surface area contributed by atoms with Crippen LogP contribution in [0.2, 0.25) is 0 Å². The summed E-state index contributed by atoms with van der Waals surface area (Å²) in [7, 11) is 0. The summed E-state index contributed by atoms with van der Waals surface area (Å²) in [6.07, 6.45) is 0. The molecule has 0 atom stereocenters. The number of anilines is 1. The zero-order valence-electron chi connectivity index (χ0n) is 9.15. The Morgan fingerprint density at radius 2 is 2.21 bits per heavy atom. The van der Waals surface area contributed by atoms with Crippen molar-refractivity contribution in [3.8, 4) is 6.07 Å². The van der Waals surface area contributed by atoms with Crippen molar-refractivity contribution in [3.05, 3.63) is 33.9 Å². The number of hydrazone groups is 1. The summed E-state index contributed by atoms with van der Waals surface area (Å²) < 4.78 is 26.2. The molecule has 8 nitrogen and oxygen atoms in total. The molecule has 19 heavy (non-hydrogen) atoms. The second-order valence-corrected chi connectivity index (χ2v) is 3.14. The topological polar surface area (TPSA) is 141 Å². The average molecular weight is 268 g/mol. The molecule has 1 aromatic rings. The zero-order chi connectivity index (χ0) is 14.6. The molecule has 10 heteroatoms. The van der Waals surface area contributed by atoms with Gasteiger partial charge in [-0.15, -0.1) is 0 Å². The second-order valence-electron chi connectivity index (χ2n) is 3.14. The first-order chi connectivity index (χ1) is 8.86. The third-order valence-electron chi connectivity index (χ3n) is 1.87. The Balaban J connectivity index is 3.25. The van der Waals surface area contributed by atoms with Crippen LogP contribution in [0.5, 0.6) is 0 Å². The second kappa shape index (κ2) is 5.50. The highest BCUT2D eigenvalue weighted by Crippen LogP contribution is 2.28. The summed E-state index contributed by atoms with van der Waals surface area (Å²) >= 11 is 0. The maximum absolute atomic E-state index is 13.4. The maximum atomic E-state index is 13.4. The molecule has 0 aliphatic carbocycles. The number of hydrogen-bond acceptors (Lipinski definition) is 6. The van der Waals surface area contributed by atoms with Gasteiger partial charge in [-0.25, -0.2) is 8.78 Å². The largest absolute Gasteiger partial charge is 0.382 e. The fourth-order valence-electron chi connectivity index (χ4n) is 1.07. The quantitative estimate of drug-likeness (QED) is 0.324. The van der Waals surface area contributed by atoms with Crippen molar-refractivity contribution in [1.29, 1.82) is 10.7 Å². The Kier molecular flexibility index (Phi) is 4.04. The third kappa shape index (κ3) is 3.19. The van der Waals surface area contributed by atoms with Crippen LogP contribution in [0.25, 0.3) is 0 Å². The van der Waals surface area contributed by atoms with Gasteiger partial charge >= 0.3 is 0 Å². The van der Waals surface area contributed by atoms with E-state index in [2.05, 4.69) is 5.10 Å². The van der Waals surface area contributed by atoms with E-state index in [1.54, 1.807) is 0 Å². The predicted molar refractivity (Wildman–Crippen MR) is 61.6 cm³/mol. The SMILES string of the molecule is N#C/C(=N\Nc1c(F)cc(F)cc1[N+](=O)[O-])C(=N)N. The number of nitrogens with one attached hydrogen (secondary N) is 2. The lowest BCUT2D eigenvalue weighted by molar-refractivity contribution is -0.384. The Labute approximate surface area is 104 Å². The normalized spacial score (nSPS) is 10.7. The van der Waals surface area contributed by atoms with Crippen LogP contribution in [0.15, 0.2) is 17.2 Å². The van der Waals surface area contributed by atoms with Gasteiger partial charge in [0.25, 0.3) is 5.69 Å². The van der Waals surface area contributed by atoms with Crippen LogP contribution in [0.4, 0.5) is 20.2 Å². The minimum atomic E-state index is -1.27. The molecular formula is C9H6F2N6O2. The molecule has 0 saturated carbocycles. The number of benzene rings is 1. The molecule has 98 valence electrons. The number of nitro groups is 1. The third-order valence-corrected chi connectivity index (χ3v) is 1.87. The number of nitro benzene ring substituents is 1. The first kappa shape index (κ1) is 14.0. The summed E-state index contributed by atoms with van der Waals surface area (Å²) in [5.74, 6) is -3.11. The van der Waals surface area contributed by atoms with Gasteiger partial charge in [-0.3, -0.25) is 20.9 Å². The van der Waals surface area contributed by atoms with E-state index in [0.29, 0.717) is 12.1 Å². The summed E-state index contributed by atoms with van der Waals surface area (Å²) in [6.45, 7) is 0.